The van der Waals surface area contributed by atoms with Crippen LogP contribution >= 0.6 is 0 Å². The number of aromatic hydroxyl groups is 1. The van der Waals surface area contributed by atoms with Gasteiger partial charge in [0.15, 0.2) is 17.6 Å². The van der Waals surface area contributed by atoms with Crippen molar-refractivity contribution >= 4 is 11.0 Å². The highest BCUT2D eigenvalue weighted by Gasteiger charge is 2.24. The van der Waals surface area contributed by atoms with Gasteiger partial charge in [-0.25, -0.2) is 4.79 Å². The number of fused-ring (bicyclic) bond motifs is 2. The molecular weight excluding hydrogens is 334 g/mol. The van der Waals surface area contributed by atoms with Crippen LogP contribution in [0.3, 0.4) is 0 Å². The van der Waals surface area contributed by atoms with E-state index >= 15 is 0 Å². The van der Waals surface area contributed by atoms with E-state index in [1.807, 2.05) is 31.3 Å². The van der Waals surface area contributed by atoms with Crippen molar-refractivity contribution in [1.82, 2.24) is 0 Å². The van der Waals surface area contributed by atoms with E-state index < -0.39 is 5.63 Å². The van der Waals surface area contributed by atoms with Gasteiger partial charge in [0.1, 0.15) is 31.0 Å². The second kappa shape index (κ2) is 6.72. The molecule has 0 amide bonds. The van der Waals surface area contributed by atoms with Gasteiger partial charge in [0.2, 0.25) is 0 Å². The number of nitrogens with one attached hydrogen (secondary N) is 1. The molecule has 1 aromatic heterocycles. The molecule has 0 saturated heterocycles. The number of para-hydroxylation sites is 2. The first-order chi connectivity index (χ1) is 12.6. The van der Waals surface area contributed by atoms with Gasteiger partial charge in [-0.15, -0.1) is 0 Å². The van der Waals surface area contributed by atoms with Crippen LogP contribution in [0.25, 0.3) is 11.0 Å². The highest BCUT2D eigenvalue weighted by atomic mass is 16.6. The van der Waals surface area contributed by atoms with Crippen LogP contribution in [0, 0.1) is 0 Å². The van der Waals surface area contributed by atoms with Crippen LogP contribution in [0.15, 0.2) is 57.7 Å². The van der Waals surface area contributed by atoms with E-state index in [1.165, 1.54) is 17.0 Å². The molecule has 0 aliphatic carbocycles. The van der Waals surface area contributed by atoms with Crippen LogP contribution in [-0.4, -0.2) is 31.4 Å². The first kappa shape index (κ1) is 16.5. The van der Waals surface area contributed by atoms with Gasteiger partial charge in [0.25, 0.3) is 0 Å². The largest absolute Gasteiger partial charge is 0.508 e. The van der Waals surface area contributed by atoms with E-state index in [-0.39, 0.29) is 11.9 Å². The molecule has 1 unspecified atom stereocenters. The molecule has 1 aliphatic rings. The Morgan fingerprint density at radius 1 is 1.15 bits per heavy atom. The summed E-state index contributed by atoms with van der Waals surface area (Å²) in [5, 5.41) is 10.4. The zero-order valence-electron chi connectivity index (χ0n) is 14.4. The van der Waals surface area contributed by atoms with E-state index in [0.29, 0.717) is 18.7 Å². The number of phenolic OH excluding ortho intramolecular Hbond substituents is 1. The fourth-order valence-corrected chi connectivity index (χ4v) is 3.31. The van der Waals surface area contributed by atoms with Crippen molar-refractivity contribution in [3.8, 4) is 17.2 Å². The fraction of sp³-hybridized carbons (Fsp3) is 0.250. The van der Waals surface area contributed by atoms with E-state index in [0.717, 1.165) is 29.0 Å². The van der Waals surface area contributed by atoms with Crippen LogP contribution in [0.2, 0.25) is 0 Å². The molecule has 6 nitrogen and oxygen atoms in total. The molecule has 134 valence electrons. The topological polar surface area (TPSA) is 73.3 Å². The molecular formula is C20H20NO5+. The van der Waals surface area contributed by atoms with Crippen molar-refractivity contribution < 1.29 is 23.9 Å². The minimum atomic E-state index is -0.419. The molecule has 2 heterocycles. The maximum atomic E-state index is 11.8. The summed E-state index contributed by atoms with van der Waals surface area (Å²) < 4.78 is 17.0. The third kappa shape index (κ3) is 3.36. The normalized spacial score (nSPS) is 17.2. The van der Waals surface area contributed by atoms with Gasteiger partial charge in [-0.2, -0.15) is 0 Å². The zero-order valence-corrected chi connectivity index (χ0v) is 14.4. The second-order valence-corrected chi connectivity index (χ2v) is 6.61. The number of phenols is 1. The van der Waals surface area contributed by atoms with E-state index in [9.17, 15) is 9.90 Å². The molecule has 0 bridgehead atoms. The fourth-order valence-electron chi connectivity index (χ4n) is 3.31. The Balaban J connectivity index is 1.50. The Bertz CT molecular complexity index is 997. The van der Waals surface area contributed by atoms with E-state index in [1.54, 1.807) is 12.1 Å². The molecule has 26 heavy (non-hydrogen) atoms. The Morgan fingerprint density at radius 2 is 1.96 bits per heavy atom. The third-order valence-electron chi connectivity index (χ3n) is 4.45. The molecule has 2 atom stereocenters. The van der Waals surface area contributed by atoms with Gasteiger partial charge >= 0.3 is 5.63 Å². The first-order valence-corrected chi connectivity index (χ1v) is 8.54. The predicted octanol–water partition coefficient (Wildman–Crippen LogP) is 1.35. The van der Waals surface area contributed by atoms with Crippen LogP contribution in [-0.2, 0) is 6.54 Å². The van der Waals surface area contributed by atoms with E-state index in [2.05, 4.69) is 0 Å². The van der Waals surface area contributed by atoms with Crippen LogP contribution in [0.5, 0.6) is 17.2 Å². The molecule has 2 N–H and O–H groups in total. The molecule has 6 heteroatoms. The smallest absolute Gasteiger partial charge is 0.336 e. The average Bonchev–Trinajstić information content (AvgIpc) is 2.61. The van der Waals surface area contributed by atoms with Crippen molar-refractivity contribution in [2.24, 2.45) is 0 Å². The number of benzene rings is 2. The number of quaternary nitrogens is 1. The molecule has 0 radical (unpaired) electrons. The maximum absolute atomic E-state index is 11.8. The van der Waals surface area contributed by atoms with Gasteiger partial charge in [-0.1, -0.05) is 12.1 Å². The van der Waals surface area contributed by atoms with Crippen molar-refractivity contribution in [2.75, 3.05) is 20.2 Å². The maximum Gasteiger partial charge on any atom is 0.336 e. The van der Waals surface area contributed by atoms with Crippen molar-refractivity contribution in [1.29, 1.82) is 0 Å². The van der Waals surface area contributed by atoms with Gasteiger partial charge < -0.3 is 23.9 Å². The van der Waals surface area contributed by atoms with Gasteiger partial charge in [0.05, 0.1) is 7.05 Å². The predicted molar refractivity (Wildman–Crippen MR) is 96.0 cm³/mol. The quantitative estimate of drug-likeness (QED) is 0.692. The summed E-state index contributed by atoms with van der Waals surface area (Å²) in [7, 11) is 2.05. The minimum absolute atomic E-state index is 0.0552. The van der Waals surface area contributed by atoms with Crippen LogP contribution in [0.1, 0.15) is 5.56 Å². The van der Waals surface area contributed by atoms with Crippen molar-refractivity contribution in [2.45, 2.75) is 12.6 Å². The lowest BCUT2D eigenvalue weighted by atomic mass is 10.1. The second-order valence-electron chi connectivity index (χ2n) is 6.61. The number of rotatable bonds is 4. The molecule has 1 aliphatic heterocycles. The van der Waals surface area contributed by atoms with Crippen LogP contribution in [0.4, 0.5) is 0 Å². The highest BCUT2D eigenvalue weighted by Crippen LogP contribution is 2.30. The summed E-state index contributed by atoms with van der Waals surface area (Å²) in [6.45, 7) is 1.86. The number of hydrogen-bond donors (Lipinski definition) is 2. The summed E-state index contributed by atoms with van der Waals surface area (Å²) in [5.41, 5.74) is 0.856. The Morgan fingerprint density at radius 3 is 2.81 bits per heavy atom. The summed E-state index contributed by atoms with van der Waals surface area (Å²) in [5.74, 6) is 1.61. The standard InChI is InChI=1S/C20H19NO5/c1-21(11-15-12-24-17-4-2-3-5-18(17)25-15)10-13-8-20(23)26-19-9-14(22)6-7-16(13)19/h2-9,15,22H,10-12H2,1H3/p+1/t15-/m0/s1. The summed E-state index contributed by atoms with van der Waals surface area (Å²) >= 11 is 0. The summed E-state index contributed by atoms with van der Waals surface area (Å²) in [6, 6.07) is 14.0. The molecule has 0 spiro atoms. The van der Waals surface area contributed by atoms with Gasteiger partial charge in [-0.05, 0) is 24.3 Å². The average molecular weight is 354 g/mol. The van der Waals surface area contributed by atoms with Crippen LogP contribution < -0.4 is 20.0 Å². The molecule has 4 rings (SSSR count). The third-order valence-corrected chi connectivity index (χ3v) is 4.45. The Hall–Kier alpha value is -2.99. The van der Waals surface area contributed by atoms with E-state index in [4.69, 9.17) is 13.9 Å². The lowest BCUT2D eigenvalue weighted by molar-refractivity contribution is -0.896. The van der Waals surface area contributed by atoms with Crippen molar-refractivity contribution in [3.63, 3.8) is 0 Å². The highest BCUT2D eigenvalue weighted by molar-refractivity contribution is 5.81. The zero-order chi connectivity index (χ0) is 18.1. The molecule has 2 aromatic carbocycles. The Kier molecular flexibility index (Phi) is 4.26. The SMILES string of the molecule is C[NH+](Cc1cc(=O)oc2cc(O)ccc12)C[C@H]1COc2ccccc2O1. The number of ether oxygens (including phenoxy) is 2. The summed E-state index contributed by atoms with van der Waals surface area (Å²) in [6.07, 6.45) is -0.0552. The molecule has 0 fully saturated rings. The van der Waals surface area contributed by atoms with Gasteiger partial charge in [0, 0.05) is 23.1 Å². The molecule has 3 aromatic rings. The Labute approximate surface area is 150 Å². The monoisotopic (exact) mass is 354 g/mol. The van der Waals surface area contributed by atoms with Gasteiger partial charge in [-0.3, -0.25) is 0 Å². The van der Waals surface area contributed by atoms with Crippen molar-refractivity contribution in [3.05, 3.63) is 64.5 Å². The number of likely N-dealkylation sites (N-methyl/N-ethyl adjacent to an activating group) is 1. The molecule has 0 saturated carbocycles. The lowest BCUT2D eigenvalue weighted by Crippen LogP contribution is -3.09. The number of hydrogen-bond acceptors (Lipinski definition) is 5. The minimum Gasteiger partial charge on any atom is -0.508 e. The summed E-state index contributed by atoms with van der Waals surface area (Å²) in [4.78, 5) is 13.0. The first-order valence-electron chi connectivity index (χ1n) is 8.54. The lowest BCUT2D eigenvalue weighted by Gasteiger charge is -2.28.